The quantitative estimate of drug-likeness (QED) is 0.850. The van der Waals surface area contributed by atoms with Gasteiger partial charge in [-0.15, -0.1) is 11.3 Å². The Morgan fingerprint density at radius 3 is 2.65 bits per heavy atom. The number of benzene rings is 1. The van der Waals surface area contributed by atoms with Gasteiger partial charge in [-0.3, -0.25) is 0 Å². The van der Waals surface area contributed by atoms with E-state index < -0.39 is 0 Å². The molecule has 1 heterocycles. The smallest absolute Gasteiger partial charge is 0.180 e. The first-order valence-electron chi connectivity index (χ1n) is 5.72. The molecule has 1 aromatic carbocycles. The maximum Gasteiger partial charge on any atom is 0.180 e. The SMILES string of the molecule is Nc1nc(C2CC2)c(Cc2ccc(I)cc2)s1. The molecular formula is C13H13IN2S. The number of halogens is 1. The molecule has 1 aliphatic rings. The van der Waals surface area contributed by atoms with Crippen LogP contribution in [0.3, 0.4) is 0 Å². The average molecular weight is 356 g/mol. The lowest BCUT2D eigenvalue weighted by molar-refractivity contribution is 1.01. The normalized spacial score (nSPS) is 15.1. The van der Waals surface area contributed by atoms with Crippen LogP contribution in [0.25, 0.3) is 0 Å². The lowest BCUT2D eigenvalue weighted by Gasteiger charge is -2.01. The average Bonchev–Trinajstić information content (AvgIpc) is 3.07. The Labute approximate surface area is 118 Å². The van der Waals surface area contributed by atoms with Crippen molar-refractivity contribution in [2.45, 2.75) is 25.2 Å². The van der Waals surface area contributed by atoms with Gasteiger partial charge in [0, 0.05) is 20.8 Å². The molecule has 17 heavy (non-hydrogen) atoms. The van der Waals surface area contributed by atoms with Gasteiger partial charge in [0.05, 0.1) is 5.69 Å². The first-order chi connectivity index (χ1) is 8.22. The maximum atomic E-state index is 5.83. The van der Waals surface area contributed by atoms with E-state index in [9.17, 15) is 0 Å². The Bertz CT molecular complexity index is 529. The molecule has 1 aliphatic carbocycles. The number of nitrogens with two attached hydrogens (primary N) is 1. The third-order valence-electron chi connectivity index (χ3n) is 2.99. The van der Waals surface area contributed by atoms with Crippen LogP contribution >= 0.6 is 33.9 Å². The monoisotopic (exact) mass is 356 g/mol. The Morgan fingerprint density at radius 1 is 1.29 bits per heavy atom. The highest BCUT2D eigenvalue weighted by molar-refractivity contribution is 14.1. The van der Waals surface area contributed by atoms with Gasteiger partial charge in [0.2, 0.25) is 0 Å². The minimum absolute atomic E-state index is 0.683. The summed E-state index contributed by atoms with van der Waals surface area (Å²) in [6.45, 7) is 0. The van der Waals surface area contributed by atoms with Crippen molar-refractivity contribution in [1.82, 2.24) is 4.98 Å². The van der Waals surface area contributed by atoms with Gasteiger partial charge in [-0.2, -0.15) is 0 Å². The van der Waals surface area contributed by atoms with E-state index in [0.29, 0.717) is 11.0 Å². The van der Waals surface area contributed by atoms with Crippen LogP contribution in [0.1, 0.15) is 34.9 Å². The lowest BCUT2D eigenvalue weighted by Crippen LogP contribution is -1.91. The van der Waals surface area contributed by atoms with Gasteiger partial charge in [0.1, 0.15) is 0 Å². The summed E-state index contributed by atoms with van der Waals surface area (Å²) in [6.07, 6.45) is 3.53. The summed E-state index contributed by atoms with van der Waals surface area (Å²) in [5.74, 6) is 0.683. The molecule has 1 aromatic heterocycles. The molecule has 0 saturated heterocycles. The second-order valence-corrected chi connectivity index (χ2v) is 6.80. The van der Waals surface area contributed by atoms with E-state index in [0.717, 1.165) is 6.42 Å². The number of hydrogen-bond donors (Lipinski definition) is 1. The van der Waals surface area contributed by atoms with Gasteiger partial charge in [-0.25, -0.2) is 4.98 Å². The van der Waals surface area contributed by atoms with Crippen molar-refractivity contribution in [1.29, 1.82) is 0 Å². The molecule has 0 bridgehead atoms. The summed E-state index contributed by atoms with van der Waals surface area (Å²) in [6, 6.07) is 8.68. The molecule has 0 atom stereocenters. The molecule has 0 aliphatic heterocycles. The fraction of sp³-hybridized carbons (Fsp3) is 0.308. The third-order valence-corrected chi connectivity index (χ3v) is 4.61. The molecule has 0 amide bonds. The first kappa shape index (κ1) is 11.5. The Hall–Kier alpha value is -0.620. The number of nitrogen functional groups attached to an aromatic ring is 1. The van der Waals surface area contributed by atoms with Crippen LogP contribution in [0, 0.1) is 3.57 Å². The van der Waals surface area contributed by atoms with E-state index in [1.807, 2.05) is 0 Å². The van der Waals surface area contributed by atoms with Crippen LogP contribution in [0.5, 0.6) is 0 Å². The standard InChI is InChI=1S/C13H13IN2S/c14-10-5-1-8(2-6-10)7-11-12(9-3-4-9)16-13(15)17-11/h1-2,5-6,9H,3-4,7H2,(H2,15,16). The van der Waals surface area contributed by atoms with Crippen molar-refractivity contribution in [2.75, 3.05) is 5.73 Å². The zero-order chi connectivity index (χ0) is 11.8. The molecular weight excluding hydrogens is 343 g/mol. The van der Waals surface area contributed by atoms with Crippen LogP contribution in [0.4, 0.5) is 5.13 Å². The number of anilines is 1. The molecule has 4 heteroatoms. The van der Waals surface area contributed by atoms with Gasteiger partial charge in [0.25, 0.3) is 0 Å². The van der Waals surface area contributed by atoms with Crippen molar-refractivity contribution in [3.05, 3.63) is 44.0 Å². The van der Waals surface area contributed by atoms with Crippen LogP contribution in [0.15, 0.2) is 24.3 Å². The molecule has 2 aromatic rings. The molecule has 0 radical (unpaired) electrons. The van der Waals surface area contributed by atoms with E-state index in [1.54, 1.807) is 11.3 Å². The van der Waals surface area contributed by atoms with E-state index in [4.69, 9.17) is 5.73 Å². The summed E-state index contributed by atoms with van der Waals surface area (Å²) < 4.78 is 1.28. The van der Waals surface area contributed by atoms with Gasteiger partial charge in [-0.1, -0.05) is 12.1 Å². The van der Waals surface area contributed by atoms with E-state index in [2.05, 4.69) is 51.8 Å². The van der Waals surface area contributed by atoms with Crippen molar-refractivity contribution in [3.63, 3.8) is 0 Å². The second-order valence-electron chi connectivity index (χ2n) is 4.44. The number of aromatic nitrogens is 1. The lowest BCUT2D eigenvalue weighted by atomic mass is 10.1. The fourth-order valence-corrected chi connectivity index (χ4v) is 3.28. The Balaban J connectivity index is 1.86. The minimum Gasteiger partial charge on any atom is -0.375 e. The molecule has 2 N–H and O–H groups in total. The molecule has 88 valence electrons. The summed E-state index contributed by atoms with van der Waals surface area (Å²) in [5.41, 5.74) is 8.43. The minimum atomic E-state index is 0.683. The van der Waals surface area contributed by atoms with Crippen molar-refractivity contribution in [3.8, 4) is 0 Å². The van der Waals surface area contributed by atoms with Crippen LogP contribution in [-0.4, -0.2) is 4.98 Å². The fourth-order valence-electron chi connectivity index (χ4n) is 1.97. The number of thiazole rings is 1. The summed E-state index contributed by atoms with van der Waals surface area (Å²) in [7, 11) is 0. The van der Waals surface area contributed by atoms with Gasteiger partial charge in [-0.05, 0) is 53.1 Å². The van der Waals surface area contributed by atoms with Gasteiger partial charge >= 0.3 is 0 Å². The first-order valence-corrected chi connectivity index (χ1v) is 7.61. The van der Waals surface area contributed by atoms with E-state index >= 15 is 0 Å². The predicted octanol–water partition coefficient (Wildman–Crippen LogP) is 3.80. The van der Waals surface area contributed by atoms with E-state index in [1.165, 1.54) is 32.5 Å². The van der Waals surface area contributed by atoms with Crippen molar-refractivity contribution >= 4 is 39.1 Å². The molecule has 0 spiro atoms. The molecule has 1 saturated carbocycles. The molecule has 1 fully saturated rings. The number of hydrogen-bond acceptors (Lipinski definition) is 3. The highest BCUT2D eigenvalue weighted by Gasteiger charge is 2.29. The van der Waals surface area contributed by atoms with E-state index in [-0.39, 0.29) is 0 Å². The zero-order valence-corrected chi connectivity index (χ0v) is 12.3. The van der Waals surface area contributed by atoms with Crippen molar-refractivity contribution < 1.29 is 0 Å². The topological polar surface area (TPSA) is 38.9 Å². The highest BCUT2D eigenvalue weighted by atomic mass is 127. The molecule has 2 nitrogen and oxygen atoms in total. The Morgan fingerprint density at radius 2 is 2.00 bits per heavy atom. The Kier molecular flexibility index (Phi) is 3.08. The second kappa shape index (κ2) is 4.57. The number of nitrogens with zero attached hydrogens (tertiary/aromatic N) is 1. The van der Waals surface area contributed by atoms with Crippen molar-refractivity contribution in [2.24, 2.45) is 0 Å². The van der Waals surface area contributed by atoms with Gasteiger partial charge in [0.15, 0.2) is 5.13 Å². The summed E-state index contributed by atoms with van der Waals surface area (Å²) in [4.78, 5) is 5.83. The largest absolute Gasteiger partial charge is 0.375 e. The zero-order valence-electron chi connectivity index (χ0n) is 9.32. The number of rotatable bonds is 3. The van der Waals surface area contributed by atoms with Crippen LogP contribution in [0.2, 0.25) is 0 Å². The highest BCUT2D eigenvalue weighted by Crippen LogP contribution is 2.43. The van der Waals surface area contributed by atoms with Crippen LogP contribution < -0.4 is 5.73 Å². The summed E-state index contributed by atoms with van der Waals surface area (Å²) >= 11 is 3.98. The predicted molar refractivity (Wildman–Crippen MR) is 80.5 cm³/mol. The maximum absolute atomic E-state index is 5.83. The van der Waals surface area contributed by atoms with Crippen LogP contribution in [-0.2, 0) is 6.42 Å². The molecule has 3 rings (SSSR count). The summed E-state index contributed by atoms with van der Waals surface area (Å²) in [5, 5.41) is 0.715. The van der Waals surface area contributed by atoms with Gasteiger partial charge < -0.3 is 5.73 Å². The third kappa shape index (κ3) is 2.63. The molecule has 0 unspecified atom stereocenters.